The van der Waals surface area contributed by atoms with Crippen molar-refractivity contribution in [3.05, 3.63) is 64.7 Å². The number of anilines is 1. The molecule has 2 aromatic rings. The number of carbonyl (C=O) groups excluding carboxylic acids is 1. The standard InChI is InChI=1S/C18H18N2O/c19-14-6-7-15-13(11-14)5-8-17(15)20-10-9-12-3-1-2-4-16(12)18(20)21/h1-4,6-7,11,17H,5,8-10,19H2. The summed E-state index contributed by atoms with van der Waals surface area (Å²) in [6.07, 6.45) is 2.96. The molecule has 4 rings (SSSR count). The molecule has 1 aliphatic heterocycles. The predicted molar refractivity (Wildman–Crippen MR) is 83.1 cm³/mol. The van der Waals surface area contributed by atoms with Crippen molar-refractivity contribution in [2.45, 2.75) is 25.3 Å². The zero-order valence-corrected chi connectivity index (χ0v) is 11.9. The van der Waals surface area contributed by atoms with E-state index in [1.807, 2.05) is 29.2 Å². The van der Waals surface area contributed by atoms with Gasteiger partial charge in [0.25, 0.3) is 5.91 Å². The van der Waals surface area contributed by atoms with Gasteiger partial charge in [-0.05, 0) is 54.2 Å². The second-order valence-electron chi connectivity index (χ2n) is 5.92. The van der Waals surface area contributed by atoms with Crippen LogP contribution in [0.3, 0.4) is 0 Å². The Morgan fingerprint density at radius 1 is 1.05 bits per heavy atom. The van der Waals surface area contributed by atoms with Crippen molar-refractivity contribution in [3.63, 3.8) is 0 Å². The van der Waals surface area contributed by atoms with Gasteiger partial charge in [-0.3, -0.25) is 4.79 Å². The molecule has 0 spiro atoms. The van der Waals surface area contributed by atoms with E-state index in [2.05, 4.69) is 18.2 Å². The summed E-state index contributed by atoms with van der Waals surface area (Å²) < 4.78 is 0. The number of nitrogens with two attached hydrogens (primary N) is 1. The van der Waals surface area contributed by atoms with E-state index in [1.165, 1.54) is 16.7 Å². The van der Waals surface area contributed by atoms with Crippen LogP contribution in [-0.2, 0) is 12.8 Å². The molecule has 2 aromatic carbocycles. The number of nitrogen functional groups attached to an aromatic ring is 1. The Morgan fingerprint density at radius 2 is 1.90 bits per heavy atom. The molecule has 106 valence electrons. The van der Waals surface area contributed by atoms with Gasteiger partial charge in [0.15, 0.2) is 0 Å². The Morgan fingerprint density at radius 3 is 2.81 bits per heavy atom. The molecule has 2 N–H and O–H groups in total. The molecule has 1 aliphatic carbocycles. The molecule has 0 bridgehead atoms. The van der Waals surface area contributed by atoms with Crippen LogP contribution in [0, 0.1) is 0 Å². The highest BCUT2D eigenvalue weighted by Gasteiger charge is 2.34. The second-order valence-corrected chi connectivity index (χ2v) is 5.92. The summed E-state index contributed by atoms with van der Waals surface area (Å²) in [7, 11) is 0. The van der Waals surface area contributed by atoms with E-state index in [9.17, 15) is 4.79 Å². The molecule has 1 atom stereocenters. The molecule has 1 amide bonds. The molecule has 2 aliphatic rings. The first kappa shape index (κ1) is 12.5. The molecule has 3 nitrogen and oxygen atoms in total. The third-order valence-electron chi connectivity index (χ3n) is 4.72. The van der Waals surface area contributed by atoms with Gasteiger partial charge < -0.3 is 10.6 Å². The van der Waals surface area contributed by atoms with Gasteiger partial charge in [0.05, 0.1) is 6.04 Å². The number of benzene rings is 2. The number of amides is 1. The fourth-order valence-corrected chi connectivity index (χ4v) is 3.68. The van der Waals surface area contributed by atoms with E-state index in [1.54, 1.807) is 0 Å². The van der Waals surface area contributed by atoms with E-state index in [0.717, 1.165) is 37.1 Å². The minimum Gasteiger partial charge on any atom is -0.399 e. The lowest BCUT2D eigenvalue weighted by atomic mass is 9.96. The van der Waals surface area contributed by atoms with Crippen LogP contribution in [0.25, 0.3) is 0 Å². The number of rotatable bonds is 1. The molecule has 1 heterocycles. The molecular weight excluding hydrogens is 260 g/mol. The lowest BCUT2D eigenvalue weighted by Gasteiger charge is -2.34. The maximum atomic E-state index is 12.8. The van der Waals surface area contributed by atoms with E-state index in [0.29, 0.717) is 0 Å². The average molecular weight is 278 g/mol. The van der Waals surface area contributed by atoms with E-state index in [-0.39, 0.29) is 11.9 Å². The first-order valence-corrected chi connectivity index (χ1v) is 7.51. The first-order chi connectivity index (χ1) is 10.2. The van der Waals surface area contributed by atoms with Crippen LogP contribution in [0.1, 0.15) is 39.5 Å². The van der Waals surface area contributed by atoms with Crippen LogP contribution in [-0.4, -0.2) is 17.4 Å². The molecule has 0 radical (unpaired) electrons. The van der Waals surface area contributed by atoms with Crippen LogP contribution in [0.4, 0.5) is 5.69 Å². The van der Waals surface area contributed by atoms with Gasteiger partial charge in [-0.2, -0.15) is 0 Å². The van der Waals surface area contributed by atoms with Crippen LogP contribution in [0.5, 0.6) is 0 Å². The van der Waals surface area contributed by atoms with E-state index >= 15 is 0 Å². The monoisotopic (exact) mass is 278 g/mol. The Bertz CT molecular complexity index is 723. The number of hydrogen-bond donors (Lipinski definition) is 1. The largest absolute Gasteiger partial charge is 0.399 e. The van der Waals surface area contributed by atoms with Crippen molar-refractivity contribution in [1.82, 2.24) is 4.90 Å². The lowest BCUT2D eigenvalue weighted by molar-refractivity contribution is 0.0657. The summed E-state index contributed by atoms with van der Waals surface area (Å²) in [4.78, 5) is 14.8. The van der Waals surface area contributed by atoms with Gasteiger partial charge in [0.1, 0.15) is 0 Å². The SMILES string of the molecule is Nc1ccc2c(c1)CCC2N1CCc2ccccc2C1=O. The molecule has 0 fully saturated rings. The smallest absolute Gasteiger partial charge is 0.254 e. The third-order valence-corrected chi connectivity index (χ3v) is 4.72. The molecule has 0 aromatic heterocycles. The van der Waals surface area contributed by atoms with E-state index < -0.39 is 0 Å². The number of hydrogen-bond acceptors (Lipinski definition) is 2. The Kier molecular flexibility index (Phi) is 2.74. The molecular formula is C18H18N2O. The van der Waals surface area contributed by atoms with Crippen molar-refractivity contribution < 1.29 is 4.79 Å². The first-order valence-electron chi connectivity index (χ1n) is 7.51. The van der Waals surface area contributed by atoms with Crippen LogP contribution in [0.2, 0.25) is 0 Å². The maximum Gasteiger partial charge on any atom is 0.254 e. The fourth-order valence-electron chi connectivity index (χ4n) is 3.68. The highest BCUT2D eigenvalue weighted by atomic mass is 16.2. The summed E-state index contributed by atoms with van der Waals surface area (Å²) >= 11 is 0. The minimum atomic E-state index is 0.173. The molecule has 0 saturated heterocycles. The normalized spacial score (nSPS) is 20.3. The van der Waals surface area contributed by atoms with Gasteiger partial charge in [-0.15, -0.1) is 0 Å². The van der Waals surface area contributed by atoms with Crippen LogP contribution >= 0.6 is 0 Å². The van der Waals surface area contributed by atoms with Gasteiger partial charge in [-0.1, -0.05) is 24.3 Å². The van der Waals surface area contributed by atoms with Crippen LogP contribution < -0.4 is 5.73 Å². The quantitative estimate of drug-likeness (QED) is 0.815. The topological polar surface area (TPSA) is 46.3 Å². The maximum absolute atomic E-state index is 12.8. The molecule has 3 heteroatoms. The summed E-state index contributed by atoms with van der Waals surface area (Å²) in [5.74, 6) is 0.173. The van der Waals surface area contributed by atoms with Crippen molar-refractivity contribution in [1.29, 1.82) is 0 Å². The summed E-state index contributed by atoms with van der Waals surface area (Å²) in [5, 5.41) is 0. The van der Waals surface area contributed by atoms with Gasteiger partial charge in [0, 0.05) is 17.8 Å². The highest BCUT2D eigenvalue weighted by molar-refractivity contribution is 5.97. The van der Waals surface area contributed by atoms with Crippen LogP contribution in [0.15, 0.2) is 42.5 Å². The third kappa shape index (κ3) is 1.92. The van der Waals surface area contributed by atoms with Gasteiger partial charge >= 0.3 is 0 Å². The zero-order chi connectivity index (χ0) is 14.4. The van der Waals surface area contributed by atoms with Crippen molar-refractivity contribution >= 4 is 11.6 Å². The van der Waals surface area contributed by atoms with Crippen molar-refractivity contribution in [3.8, 4) is 0 Å². The lowest BCUT2D eigenvalue weighted by Crippen LogP contribution is -2.39. The second kappa shape index (κ2) is 4.62. The summed E-state index contributed by atoms with van der Waals surface area (Å²) in [5.41, 5.74) is 11.3. The predicted octanol–water partition coefficient (Wildman–Crippen LogP) is 2.95. The minimum absolute atomic E-state index is 0.173. The van der Waals surface area contributed by atoms with Crippen molar-refractivity contribution in [2.75, 3.05) is 12.3 Å². The average Bonchev–Trinajstić information content (AvgIpc) is 2.91. The van der Waals surface area contributed by atoms with E-state index in [4.69, 9.17) is 5.73 Å². The molecule has 1 unspecified atom stereocenters. The highest BCUT2D eigenvalue weighted by Crippen LogP contribution is 2.38. The fraction of sp³-hybridized carbons (Fsp3) is 0.278. The Hall–Kier alpha value is -2.29. The van der Waals surface area contributed by atoms with Gasteiger partial charge in [0.2, 0.25) is 0 Å². The van der Waals surface area contributed by atoms with Crippen molar-refractivity contribution in [2.24, 2.45) is 0 Å². The Labute approximate surface area is 124 Å². The molecule has 0 saturated carbocycles. The number of nitrogens with zero attached hydrogens (tertiary/aromatic N) is 1. The number of carbonyl (C=O) groups is 1. The summed E-state index contributed by atoms with van der Waals surface area (Å²) in [6.45, 7) is 0.810. The van der Waals surface area contributed by atoms with Gasteiger partial charge in [-0.25, -0.2) is 0 Å². The zero-order valence-electron chi connectivity index (χ0n) is 11.9. The molecule has 21 heavy (non-hydrogen) atoms. The Balaban J connectivity index is 1.70. The summed E-state index contributed by atoms with van der Waals surface area (Å²) in [6, 6.07) is 14.3. The number of fused-ring (bicyclic) bond motifs is 2. The number of aryl methyl sites for hydroxylation is 1.